The summed E-state index contributed by atoms with van der Waals surface area (Å²) >= 11 is 8.27. The zero-order chi connectivity index (χ0) is 13.1. The van der Waals surface area contributed by atoms with Crippen molar-refractivity contribution in [3.8, 4) is 0 Å². The van der Waals surface area contributed by atoms with Gasteiger partial charge in [-0.3, -0.25) is 0 Å². The number of rotatable bonds is 3. The molecule has 0 atom stereocenters. The fourth-order valence-corrected chi connectivity index (χ4v) is 3.50. The Balaban J connectivity index is 2.46. The second-order valence-corrected chi connectivity index (χ2v) is 6.76. The summed E-state index contributed by atoms with van der Waals surface area (Å²) in [5.74, 6) is -0.929. The number of halogens is 2. The topological polar surface area (TPSA) is 37.3 Å². The summed E-state index contributed by atoms with van der Waals surface area (Å²) in [6, 6.07) is 11.0. The van der Waals surface area contributed by atoms with Gasteiger partial charge in [0.2, 0.25) is 0 Å². The van der Waals surface area contributed by atoms with E-state index in [0.29, 0.717) is 5.56 Å². The number of thiophene rings is 1. The molecule has 2 nitrogen and oxygen atoms in total. The SMILES string of the molecule is O=C(O)/C(=C/c1cc(Br)c(Br)s1)c1ccccc1. The lowest BCUT2D eigenvalue weighted by Crippen LogP contribution is -1.98. The van der Waals surface area contributed by atoms with Crippen LogP contribution >= 0.6 is 43.2 Å². The van der Waals surface area contributed by atoms with Crippen molar-refractivity contribution in [1.29, 1.82) is 0 Å². The third kappa shape index (κ3) is 3.10. The zero-order valence-corrected chi connectivity index (χ0v) is 13.0. The predicted octanol–water partition coefficient (Wildman–Crippen LogP) is 4.90. The molecule has 0 radical (unpaired) electrons. The van der Waals surface area contributed by atoms with Crippen LogP contribution in [0.15, 0.2) is 44.7 Å². The van der Waals surface area contributed by atoms with E-state index in [0.717, 1.165) is 13.1 Å². The Morgan fingerprint density at radius 2 is 1.89 bits per heavy atom. The van der Waals surface area contributed by atoms with Gasteiger partial charge in [-0.15, -0.1) is 11.3 Å². The molecule has 0 amide bonds. The van der Waals surface area contributed by atoms with Gasteiger partial charge in [-0.05, 0) is 49.6 Å². The first-order valence-electron chi connectivity index (χ1n) is 5.03. The molecule has 5 heteroatoms. The first-order valence-corrected chi connectivity index (χ1v) is 7.43. The van der Waals surface area contributed by atoms with E-state index in [9.17, 15) is 9.90 Å². The minimum Gasteiger partial charge on any atom is -0.478 e. The highest BCUT2D eigenvalue weighted by Crippen LogP contribution is 2.34. The number of carbonyl (C=O) groups is 1. The maximum atomic E-state index is 11.3. The smallest absolute Gasteiger partial charge is 0.336 e. The van der Waals surface area contributed by atoms with Gasteiger partial charge in [-0.25, -0.2) is 4.79 Å². The lowest BCUT2D eigenvalue weighted by Gasteiger charge is -2.01. The molecule has 18 heavy (non-hydrogen) atoms. The first kappa shape index (κ1) is 13.5. The number of aliphatic carboxylic acids is 1. The Kier molecular flexibility index (Phi) is 4.37. The van der Waals surface area contributed by atoms with E-state index < -0.39 is 5.97 Å². The van der Waals surface area contributed by atoms with Crippen molar-refractivity contribution in [2.24, 2.45) is 0 Å². The third-order valence-corrected chi connectivity index (χ3v) is 5.47. The van der Waals surface area contributed by atoms with Crippen molar-refractivity contribution in [3.63, 3.8) is 0 Å². The third-order valence-electron chi connectivity index (χ3n) is 2.27. The summed E-state index contributed by atoms with van der Waals surface area (Å²) in [5.41, 5.74) is 0.988. The molecule has 0 saturated carbocycles. The molecule has 0 saturated heterocycles. The van der Waals surface area contributed by atoms with Crippen molar-refractivity contribution in [3.05, 3.63) is 55.1 Å². The van der Waals surface area contributed by atoms with Crippen molar-refractivity contribution in [1.82, 2.24) is 0 Å². The molecular weight excluding hydrogens is 380 g/mol. The van der Waals surface area contributed by atoms with Crippen molar-refractivity contribution in [2.45, 2.75) is 0 Å². The van der Waals surface area contributed by atoms with Crippen LogP contribution in [0.25, 0.3) is 11.6 Å². The standard InChI is InChI=1S/C13H8Br2O2S/c14-11-7-9(18-12(11)15)6-10(13(16)17)8-4-2-1-3-5-8/h1-7H,(H,16,17)/b10-6+. The van der Waals surface area contributed by atoms with E-state index in [1.165, 1.54) is 11.3 Å². The quantitative estimate of drug-likeness (QED) is 0.760. The second kappa shape index (κ2) is 5.82. The van der Waals surface area contributed by atoms with E-state index >= 15 is 0 Å². The van der Waals surface area contributed by atoms with Crippen LogP contribution in [0.2, 0.25) is 0 Å². The molecule has 0 fully saturated rings. The normalized spacial score (nSPS) is 11.6. The van der Waals surface area contributed by atoms with Gasteiger partial charge in [0, 0.05) is 9.35 Å². The van der Waals surface area contributed by atoms with Crippen LogP contribution in [0.1, 0.15) is 10.4 Å². The molecule has 0 unspecified atom stereocenters. The Morgan fingerprint density at radius 3 is 2.39 bits per heavy atom. The molecule has 1 heterocycles. The highest BCUT2D eigenvalue weighted by molar-refractivity contribution is 9.13. The van der Waals surface area contributed by atoms with Crippen LogP contribution in [0.5, 0.6) is 0 Å². The summed E-state index contributed by atoms with van der Waals surface area (Å²) < 4.78 is 1.88. The molecule has 0 spiro atoms. The number of carboxylic acids is 1. The van der Waals surface area contributed by atoms with Gasteiger partial charge < -0.3 is 5.11 Å². The van der Waals surface area contributed by atoms with Gasteiger partial charge in [0.05, 0.1) is 9.36 Å². The number of hydrogen-bond acceptors (Lipinski definition) is 2. The summed E-state index contributed by atoms with van der Waals surface area (Å²) in [6.07, 6.45) is 1.68. The Labute approximate surface area is 125 Å². The van der Waals surface area contributed by atoms with Gasteiger partial charge in [-0.2, -0.15) is 0 Å². The zero-order valence-electron chi connectivity index (χ0n) is 9.06. The molecule has 0 aliphatic carbocycles. The van der Waals surface area contributed by atoms with Crippen LogP contribution in [-0.4, -0.2) is 11.1 Å². The van der Waals surface area contributed by atoms with Gasteiger partial charge in [0.1, 0.15) is 0 Å². The van der Waals surface area contributed by atoms with E-state index in [1.807, 2.05) is 24.3 Å². The highest BCUT2D eigenvalue weighted by Gasteiger charge is 2.11. The van der Waals surface area contributed by atoms with Crippen molar-refractivity contribution in [2.75, 3.05) is 0 Å². The number of benzene rings is 1. The van der Waals surface area contributed by atoms with Crippen LogP contribution in [-0.2, 0) is 4.79 Å². The van der Waals surface area contributed by atoms with E-state index in [2.05, 4.69) is 31.9 Å². The monoisotopic (exact) mass is 386 g/mol. The van der Waals surface area contributed by atoms with Gasteiger partial charge in [0.15, 0.2) is 0 Å². The summed E-state index contributed by atoms with van der Waals surface area (Å²) in [6.45, 7) is 0. The molecule has 92 valence electrons. The maximum absolute atomic E-state index is 11.3. The average Bonchev–Trinajstić information content (AvgIpc) is 2.66. The maximum Gasteiger partial charge on any atom is 0.336 e. The Bertz CT molecular complexity index is 583. The molecule has 2 rings (SSSR count). The van der Waals surface area contributed by atoms with Crippen LogP contribution in [0, 0.1) is 0 Å². The lowest BCUT2D eigenvalue weighted by atomic mass is 10.1. The van der Waals surface area contributed by atoms with Crippen molar-refractivity contribution < 1.29 is 9.90 Å². The highest BCUT2D eigenvalue weighted by atomic mass is 79.9. The van der Waals surface area contributed by atoms with Gasteiger partial charge in [-0.1, -0.05) is 30.3 Å². The summed E-state index contributed by atoms with van der Waals surface area (Å²) in [4.78, 5) is 12.2. The average molecular weight is 388 g/mol. The van der Waals surface area contributed by atoms with E-state index in [4.69, 9.17) is 0 Å². The van der Waals surface area contributed by atoms with E-state index in [-0.39, 0.29) is 5.57 Å². The molecule has 0 bridgehead atoms. The summed E-state index contributed by atoms with van der Waals surface area (Å²) in [7, 11) is 0. The molecule has 1 aromatic heterocycles. The van der Waals surface area contributed by atoms with Crippen LogP contribution in [0.3, 0.4) is 0 Å². The minimum atomic E-state index is -0.929. The fourth-order valence-electron chi connectivity index (χ4n) is 1.46. The molecule has 1 N–H and O–H groups in total. The Hall–Kier alpha value is -0.910. The van der Waals surface area contributed by atoms with Gasteiger partial charge in [0.25, 0.3) is 0 Å². The second-order valence-electron chi connectivity index (χ2n) is 3.50. The molecule has 0 aliphatic rings. The molecule has 2 aromatic rings. The fraction of sp³-hybridized carbons (Fsp3) is 0. The Morgan fingerprint density at radius 1 is 1.22 bits per heavy atom. The molecule has 0 aliphatic heterocycles. The predicted molar refractivity (Wildman–Crippen MR) is 81.7 cm³/mol. The van der Waals surface area contributed by atoms with E-state index in [1.54, 1.807) is 18.2 Å². The first-order chi connectivity index (χ1) is 8.58. The lowest BCUT2D eigenvalue weighted by molar-refractivity contribution is -0.130. The minimum absolute atomic E-state index is 0.289. The van der Waals surface area contributed by atoms with Gasteiger partial charge >= 0.3 is 5.97 Å². The van der Waals surface area contributed by atoms with Crippen LogP contribution < -0.4 is 0 Å². The van der Waals surface area contributed by atoms with Crippen molar-refractivity contribution >= 4 is 60.8 Å². The number of hydrogen-bond donors (Lipinski definition) is 1. The molecule has 1 aromatic carbocycles. The summed E-state index contributed by atoms with van der Waals surface area (Å²) in [5, 5.41) is 9.28. The largest absolute Gasteiger partial charge is 0.478 e. The van der Waals surface area contributed by atoms with Crippen LogP contribution in [0.4, 0.5) is 0 Å². The number of carboxylic acid groups (broad SMARTS) is 1. The molecular formula is C13H8Br2O2S.